The molecule has 21 heavy (non-hydrogen) atoms. The van der Waals surface area contributed by atoms with Gasteiger partial charge in [0.2, 0.25) is 0 Å². The first-order valence-electron chi connectivity index (χ1n) is 6.60. The maximum Gasteiger partial charge on any atom is 0.252 e. The Kier molecular flexibility index (Phi) is 5.80. The van der Waals surface area contributed by atoms with E-state index in [1.54, 1.807) is 25.6 Å². The van der Waals surface area contributed by atoms with E-state index in [2.05, 4.69) is 25.7 Å². The molecule has 0 spiro atoms. The van der Waals surface area contributed by atoms with E-state index in [-0.39, 0.29) is 5.91 Å². The Labute approximate surface area is 122 Å². The number of aromatic nitrogens is 4. The van der Waals surface area contributed by atoms with Crippen LogP contribution in [-0.4, -0.2) is 59.0 Å². The summed E-state index contributed by atoms with van der Waals surface area (Å²) in [6.07, 6.45) is 4.50. The number of methoxy groups -OCH3 is 1. The van der Waals surface area contributed by atoms with E-state index in [0.29, 0.717) is 31.1 Å². The Morgan fingerprint density at radius 2 is 2.24 bits per heavy atom. The van der Waals surface area contributed by atoms with Crippen LogP contribution in [0.2, 0.25) is 0 Å². The smallest absolute Gasteiger partial charge is 0.252 e. The van der Waals surface area contributed by atoms with Gasteiger partial charge in [-0.2, -0.15) is 5.10 Å². The fourth-order valence-corrected chi connectivity index (χ4v) is 1.65. The summed E-state index contributed by atoms with van der Waals surface area (Å²) in [7, 11) is 1.65. The number of rotatable bonds is 8. The third kappa shape index (κ3) is 4.62. The molecule has 0 aliphatic carbocycles. The Balaban J connectivity index is 1.78. The molecule has 0 saturated heterocycles. The molecule has 2 aromatic heterocycles. The molecular weight excluding hydrogens is 272 g/mol. The van der Waals surface area contributed by atoms with Crippen LogP contribution < -0.4 is 10.6 Å². The number of carbonyl (C=O) groups excluding carboxylic acids is 1. The average molecular weight is 290 g/mol. The summed E-state index contributed by atoms with van der Waals surface area (Å²) in [4.78, 5) is 19.9. The normalized spacial score (nSPS) is 10.5. The fraction of sp³-hybridized carbons (Fsp3) is 0.385. The minimum Gasteiger partial charge on any atom is -0.383 e. The van der Waals surface area contributed by atoms with Gasteiger partial charge in [-0.15, -0.1) is 0 Å². The first-order chi connectivity index (χ1) is 10.3. The highest BCUT2D eigenvalue weighted by atomic mass is 16.5. The van der Waals surface area contributed by atoms with Crippen molar-refractivity contribution in [1.29, 1.82) is 0 Å². The monoisotopic (exact) mass is 290 g/mol. The number of nitrogens with zero attached hydrogens (tertiary/aromatic N) is 4. The second kappa shape index (κ2) is 8.08. The quantitative estimate of drug-likeness (QED) is 0.644. The zero-order chi connectivity index (χ0) is 14.9. The number of carbonyl (C=O) groups is 1. The molecule has 0 aliphatic rings. The van der Waals surface area contributed by atoms with Crippen LogP contribution in [-0.2, 0) is 4.74 Å². The number of amides is 1. The van der Waals surface area contributed by atoms with Gasteiger partial charge in [0, 0.05) is 32.9 Å². The van der Waals surface area contributed by atoms with Gasteiger partial charge in [-0.25, -0.2) is 14.6 Å². The fourth-order valence-electron chi connectivity index (χ4n) is 1.65. The second-order valence-corrected chi connectivity index (χ2v) is 4.24. The second-order valence-electron chi connectivity index (χ2n) is 4.24. The standard InChI is InChI=1S/C13H18N6O2/c1-21-7-6-14-4-5-16-13(20)11-2-3-12(17-8-11)19-10-15-9-18-19/h2-3,8-10,14H,4-7H2,1H3,(H,16,20). The van der Waals surface area contributed by atoms with E-state index >= 15 is 0 Å². The number of nitrogens with one attached hydrogen (secondary N) is 2. The molecule has 8 heteroatoms. The molecular formula is C13H18N6O2. The van der Waals surface area contributed by atoms with E-state index in [0.717, 1.165) is 6.54 Å². The molecule has 2 aromatic rings. The van der Waals surface area contributed by atoms with Crippen molar-refractivity contribution in [3.05, 3.63) is 36.5 Å². The van der Waals surface area contributed by atoms with E-state index in [4.69, 9.17) is 4.74 Å². The van der Waals surface area contributed by atoms with Gasteiger partial charge in [-0.05, 0) is 12.1 Å². The van der Waals surface area contributed by atoms with Crippen molar-refractivity contribution in [2.75, 3.05) is 33.4 Å². The van der Waals surface area contributed by atoms with Gasteiger partial charge in [0.1, 0.15) is 12.7 Å². The van der Waals surface area contributed by atoms with E-state index < -0.39 is 0 Å². The first kappa shape index (κ1) is 15.1. The van der Waals surface area contributed by atoms with Crippen molar-refractivity contribution in [2.45, 2.75) is 0 Å². The van der Waals surface area contributed by atoms with Crippen LogP contribution in [0.1, 0.15) is 10.4 Å². The maximum atomic E-state index is 11.9. The molecule has 112 valence electrons. The summed E-state index contributed by atoms with van der Waals surface area (Å²) in [5, 5.41) is 9.93. The zero-order valence-corrected chi connectivity index (χ0v) is 11.8. The van der Waals surface area contributed by atoms with Gasteiger partial charge in [-0.1, -0.05) is 0 Å². The number of hydrogen-bond donors (Lipinski definition) is 2. The minimum atomic E-state index is -0.152. The molecule has 0 aromatic carbocycles. The predicted octanol–water partition coefficient (Wildman–Crippen LogP) is -0.372. The van der Waals surface area contributed by atoms with E-state index in [9.17, 15) is 4.79 Å². The molecule has 2 rings (SSSR count). The average Bonchev–Trinajstić information content (AvgIpc) is 3.05. The topological polar surface area (TPSA) is 94.0 Å². The van der Waals surface area contributed by atoms with Gasteiger partial charge in [0.25, 0.3) is 5.91 Å². The molecule has 0 atom stereocenters. The van der Waals surface area contributed by atoms with Crippen LogP contribution in [0.15, 0.2) is 31.0 Å². The highest BCUT2D eigenvalue weighted by Gasteiger charge is 2.06. The summed E-state index contributed by atoms with van der Waals surface area (Å²) in [5.41, 5.74) is 0.510. The summed E-state index contributed by atoms with van der Waals surface area (Å²) in [6.45, 7) is 2.66. The van der Waals surface area contributed by atoms with Crippen LogP contribution in [0, 0.1) is 0 Å². The highest BCUT2D eigenvalue weighted by Crippen LogP contribution is 2.03. The lowest BCUT2D eigenvalue weighted by Crippen LogP contribution is -2.33. The lowest BCUT2D eigenvalue weighted by Gasteiger charge is -2.07. The lowest BCUT2D eigenvalue weighted by molar-refractivity contribution is 0.0953. The van der Waals surface area contributed by atoms with Crippen molar-refractivity contribution >= 4 is 5.91 Å². The third-order valence-electron chi connectivity index (χ3n) is 2.73. The van der Waals surface area contributed by atoms with Crippen LogP contribution in [0.5, 0.6) is 0 Å². The van der Waals surface area contributed by atoms with Crippen molar-refractivity contribution in [2.24, 2.45) is 0 Å². The van der Waals surface area contributed by atoms with Gasteiger partial charge in [0.05, 0.1) is 12.2 Å². The molecule has 8 nitrogen and oxygen atoms in total. The molecule has 1 amide bonds. The third-order valence-corrected chi connectivity index (χ3v) is 2.73. The molecule has 0 saturated carbocycles. The molecule has 0 radical (unpaired) electrons. The zero-order valence-electron chi connectivity index (χ0n) is 11.8. The van der Waals surface area contributed by atoms with Crippen LogP contribution >= 0.6 is 0 Å². The highest BCUT2D eigenvalue weighted by molar-refractivity contribution is 5.93. The number of hydrogen-bond acceptors (Lipinski definition) is 6. The summed E-state index contributed by atoms with van der Waals surface area (Å²) >= 11 is 0. The summed E-state index contributed by atoms with van der Waals surface area (Å²) < 4.78 is 6.44. The van der Waals surface area contributed by atoms with Crippen LogP contribution in [0.3, 0.4) is 0 Å². The minimum absolute atomic E-state index is 0.152. The van der Waals surface area contributed by atoms with E-state index in [1.807, 2.05) is 0 Å². The molecule has 2 heterocycles. The summed E-state index contributed by atoms with van der Waals surface area (Å²) in [5.74, 6) is 0.464. The lowest BCUT2D eigenvalue weighted by atomic mass is 10.2. The summed E-state index contributed by atoms with van der Waals surface area (Å²) in [6, 6.07) is 3.43. The van der Waals surface area contributed by atoms with Crippen molar-refractivity contribution in [1.82, 2.24) is 30.4 Å². The Bertz CT molecular complexity index is 540. The first-order valence-corrected chi connectivity index (χ1v) is 6.60. The van der Waals surface area contributed by atoms with Gasteiger partial charge in [0.15, 0.2) is 5.82 Å². The van der Waals surface area contributed by atoms with Gasteiger partial charge < -0.3 is 15.4 Å². The largest absolute Gasteiger partial charge is 0.383 e. The molecule has 0 unspecified atom stereocenters. The van der Waals surface area contributed by atoms with Crippen molar-refractivity contribution < 1.29 is 9.53 Å². The number of pyridine rings is 1. The van der Waals surface area contributed by atoms with Crippen molar-refractivity contribution in [3.8, 4) is 5.82 Å². The van der Waals surface area contributed by atoms with Gasteiger partial charge >= 0.3 is 0 Å². The Hall–Kier alpha value is -2.32. The molecule has 0 bridgehead atoms. The van der Waals surface area contributed by atoms with Gasteiger partial charge in [-0.3, -0.25) is 4.79 Å². The maximum absolute atomic E-state index is 11.9. The Morgan fingerprint density at radius 1 is 1.33 bits per heavy atom. The molecule has 2 N–H and O–H groups in total. The van der Waals surface area contributed by atoms with Crippen LogP contribution in [0.25, 0.3) is 5.82 Å². The predicted molar refractivity (Wildman–Crippen MR) is 76.2 cm³/mol. The SMILES string of the molecule is COCCNCCNC(=O)c1ccc(-n2cncn2)nc1. The molecule has 0 aliphatic heterocycles. The Morgan fingerprint density at radius 3 is 2.90 bits per heavy atom. The van der Waals surface area contributed by atoms with E-state index in [1.165, 1.54) is 17.2 Å². The molecule has 0 fully saturated rings. The van der Waals surface area contributed by atoms with Crippen molar-refractivity contribution in [3.63, 3.8) is 0 Å². The van der Waals surface area contributed by atoms with Crippen LogP contribution in [0.4, 0.5) is 0 Å². The number of ether oxygens (including phenoxy) is 1.